The highest BCUT2D eigenvalue weighted by Gasteiger charge is 2.29. The van der Waals surface area contributed by atoms with Crippen molar-refractivity contribution >= 4 is 11.7 Å². The van der Waals surface area contributed by atoms with Crippen molar-refractivity contribution in [3.8, 4) is 5.69 Å². The van der Waals surface area contributed by atoms with Gasteiger partial charge in [0.25, 0.3) is 0 Å². The van der Waals surface area contributed by atoms with Crippen molar-refractivity contribution in [1.82, 2.24) is 19.7 Å². The van der Waals surface area contributed by atoms with E-state index < -0.39 is 0 Å². The minimum absolute atomic E-state index is 0.308. The maximum absolute atomic E-state index is 12.1. The van der Waals surface area contributed by atoms with Crippen LogP contribution in [0.25, 0.3) is 5.69 Å². The average molecular weight is 390 g/mol. The van der Waals surface area contributed by atoms with E-state index >= 15 is 0 Å². The van der Waals surface area contributed by atoms with Crippen LogP contribution in [0.2, 0.25) is 0 Å². The molecule has 4 rings (SSSR count). The number of nitrogens with two attached hydrogens (primary N) is 1. The van der Waals surface area contributed by atoms with Gasteiger partial charge in [-0.25, -0.2) is 9.67 Å². The minimum atomic E-state index is -0.389. The number of rotatable bonds is 5. The molecule has 2 N–H and O–H groups in total. The lowest BCUT2D eigenvalue weighted by atomic mass is 10.0. The Kier molecular flexibility index (Phi) is 5.31. The number of anilines is 1. The zero-order valence-corrected chi connectivity index (χ0v) is 16.8. The Morgan fingerprint density at radius 2 is 1.76 bits per heavy atom. The predicted molar refractivity (Wildman–Crippen MR) is 113 cm³/mol. The van der Waals surface area contributed by atoms with E-state index in [2.05, 4.69) is 25.9 Å². The number of hydrogen-bond acceptors (Lipinski definition) is 5. The lowest BCUT2D eigenvalue weighted by Crippen LogP contribution is -2.50. The highest BCUT2D eigenvalue weighted by atomic mass is 16.1. The Balaban J connectivity index is 1.44. The molecule has 1 aromatic carbocycles. The first-order chi connectivity index (χ1) is 14.0. The van der Waals surface area contributed by atoms with Crippen LogP contribution in [0.3, 0.4) is 0 Å². The van der Waals surface area contributed by atoms with Crippen LogP contribution in [0.4, 0.5) is 5.82 Å². The number of benzene rings is 1. The fourth-order valence-electron chi connectivity index (χ4n) is 3.98. The maximum atomic E-state index is 12.1. The molecule has 1 atom stereocenters. The number of carbonyl (C=O) groups excluding carboxylic acids is 1. The number of amides is 1. The van der Waals surface area contributed by atoms with E-state index in [4.69, 9.17) is 5.73 Å². The normalized spacial score (nSPS) is 16.0. The molecule has 0 radical (unpaired) electrons. The van der Waals surface area contributed by atoms with Crippen molar-refractivity contribution in [3.05, 3.63) is 71.7 Å². The number of piperazine rings is 1. The van der Waals surface area contributed by atoms with E-state index in [-0.39, 0.29) is 11.9 Å². The van der Waals surface area contributed by atoms with Crippen LogP contribution in [0, 0.1) is 13.8 Å². The van der Waals surface area contributed by atoms with E-state index in [1.54, 1.807) is 0 Å². The lowest BCUT2D eigenvalue weighted by molar-refractivity contribution is -0.123. The fraction of sp³-hybridized carbons (Fsp3) is 0.318. The average Bonchev–Trinajstić information content (AvgIpc) is 3.07. The van der Waals surface area contributed by atoms with Crippen LogP contribution in [-0.2, 0) is 4.79 Å². The first-order valence-corrected chi connectivity index (χ1v) is 9.86. The van der Waals surface area contributed by atoms with Gasteiger partial charge in [0.15, 0.2) is 0 Å². The van der Waals surface area contributed by atoms with Gasteiger partial charge < -0.3 is 10.6 Å². The molecule has 1 amide bonds. The Morgan fingerprint density at radius 1 is 1.03 bits per heavy atom. The number of hydrogen-bond donors (Lipinski definition) is 1. The summed E-state index contributed by atoms with van der Waals surface area (Å²) in [6.07, 6.45) is 1.86. The predicted octanol–water partition coefficient (Wildman–Crippen LogP) is 2.23. The first-order valence-electron chi connectivity index (χ1n) is 9.86. The van der Waals surface area contributed by atoms with E-state index in [0.717, 1.165) is 54.6 Å². The molecular formula is C22H26N6O. The summed E-state index contributed by atoms with van der Waals surface area (Å²) in [5, 5.41) is 4.51. The molecule has 1 saturated heterocycles. The van der Waals surface area contributed by atoms with Crippen molar-refractivity contribution in [3.63, 3.8) is 0 Å². The van der Waals surface area contributed by atoms with Gasteiger partial charge in [-0.2, -0.15) is 5.10 Å². The monoisotopic (exact) mass is 390 g/mol. The summed E-state index contributed by atoms with van der Waals surface area (Å²) >= 11 is 0. The highest BCUT2D eigenvalue weighted by Crippen LogP contribution is 2.24. The summed E-state index contributed by atoms with van der Waals surface area (Å²) in [7, 11) is 0. The number of primary amides is 1. The third-order valence-corrected chi connectivity index (χ3v) is 5.37. The molecule has 2 aromatic heterocycles. The van der Waals surface area contributed by atoms with Crippen LogP contribution in [0.1, 0.15) is 23.0 Å². The van der Waals surface area contributed by atoms with Crippen LogP contribution >= 0.6 is 0 Å². The van der Waals surface area contributed by atoms with E-state index in [1.807, 2.05) is 67.2 Å². The molecule has 150 valence electrons. The van der Waals surface area contributed by atoms with Gasteiger partial charge in [0.2, 0.25) is 5.91 Å². The summed E-state index contributed by atoms with van der Waals surface area (Å²) in [5.41, 5.74) is 9.69. The molecule has 3 heterocycles. The van der Waals surface area contributed by atoms with Crippen molar-refractivity contribution in [2.45, 2.75) is 19.9 Å². The summed E-state index contributed by atoms with van der Waals surface area (Å²) in [6, 6.07) is 15.5. The van der Waals surface area contributed by atoms with Gasteiger partial charge in [0.05, 0.1) is 17.6 Å². The number of aryl methyl sites for hydroxylation is 2. The van der Waals surface area contributed by atoms with Gasteiger partial charge in [-0.15, -0.1) is 0 Å². The Bertz CT molecular complexity index is 974. The van der Waals surface area contributed by atoms with Gasteiger partial charge in [0.1, 0.15) is 11.9 Å². The van der Waals surface area contributed by atoms with Gasteiger partial charge >= 0.3 is 0 Å². The van der Waals surface area contributed by atoms with E-state index in [1.165, 1.54) is 0 Å². The zero-order valence-electron chi connectivity index (χ0n) is 16.8. The highest BCUT2D eigenvalue weighted by molar-refractivity contribution is 5.81. The molecule has 1 fully saturated rings. The van der Waals surface area contributed by atoms with E-state index in [0.29, 0.717) is 0 Å². The minimum Gasteiger partial charge on any atom is -0.368 e. The Labute approximate surface area is 170 Å². The maximum Gasteiger partial charge on any atom is 0.239 e. The second-order valence-corrected chi connectivity index (χ2v) is 7.45. The van der Waals surface area contributed by atoms with Crippen LogP contribution in [0.15, 0.2) is 54.7 Å². The van der Waals surface area contributed by atoms with Gasteiger partial charge in [0, 0.05) is 31.9 Å². The number of aromatic nitrogens is 3. The molecular weight excluding hydrogens is 364 g/mol. The summed E-state index contributed by atoms with van der Waals surface area (Å²) in [4.78, 5) is 21.1. The van der Waals surface area contributed by atoms with Crippen LogP contribution in [-0.4, -0.2) is 51.8 Å². The van der Waals surface area contributed by atoms with Gasteiger partial charge in [-0.3, -0.25) is 9.69 Å². The Morgan fingerprint density at radius 3 is 2.31 bits per heavy atom. The zero-order chi connectivity index (χ0) is 20.4. The molecule has 7 nitrogen and oxygen atoms in total. The summed E-state index contributed by atoms with van der Waals surface area (Å²) in [6.45, 7) is 7.12. The van der Waals surface area contributed by atoms with Crippen molar-refractivity contribution < 1.29 is 4.79 Å². The molecule has 29 heavy (non-hydrogen) atoms. The second-order valence-electron chi connectivity index (χ2n) is 7.45. The van der Waals surface area contributed by atoms with Gasteiger partial charge in [-0.05, 0) is 37.6 Å². The molecule has 0 unspecified atom stereocenters. The number of pyridine rings is 1. The van der Waals surface area contributed by atoms with Crippen LogP contribution < -0.4 is 10.6 Å². The third-order valence-electron chi connectivity index (χ3n) is 5.37. The number of carbonyl (C=O) groups is 1. The topological polar surface area (TPSA) is 80.3 Å². The SMILES string of the molecule is Cc1cc(C)n(-c2ccc(N3CCN([C@H](C(N)=O)c4ccccc4)CC3)nc2)n1. The van der Waals surface area contributed by atoms with Crippen LogP contribution in [0.5, 0.6) is 0 Å². The smallest absolute Gasteiger partial charge is 0.239 e. The molecule has 0 spiro atoms. The summed E-state index contributed by atoms with van der Waals surface area (Å²) in [5.74, 6) is 0.627. The molecule has 7 heteroatoms. The molecule has 1 aliphatic heterocycles. The Hall–Kier alpha value is -3.19. The standard InChI is InChI=1S/C22H26N6O/c1-16-14-17(2)28(25-16)19-8-9-20(24-15-19)26-10-12-27(13-11-26)21(22(23)29)18-6-4-3-5-7-18/h3-9,14-15,21H,10-13H2,1-2H3,(H2,23,29)/t21-/m0/s1. The first kappa shape index (κ1) is 19.1. The van der Waals surface area contributed by atoms with Crippen molar-refractivity contribution in [2.24, 2.45) is 5.73 Å². The molecule has 1 aliphatic rings. The molecule has 3 aromatic rings. The fourth-order valence-corrected chi connectivity index (χ4v) is 3.98. The summed E-state index contributed by atoms with van der Waals surface area (Å²) < 4.78 is 1.90. The van der Waals surface area contributed by atoms with E-state index in [9.17, 15) is 4.79 Å². The van der Waals surface area contributed by atoms with Gasteiger partial charge in [-0.1, -0.05) is 30.3 Å². The quantitative estimate of drug-likeness (QED) is 0.723. The number of nitrogens with zero attached hydrogens (tertiary/aromatic N) is 5. The molecule has 0 aliphatic carbocycles. The molecule has 0 saturated carbocycles. The van der Waals surface area contributed by atoms with Crippen molar-refractivity contribution in [2.75, 3.05) is 31.1 Å². The molecule has 0 bridgehead atoms. The van der Waals surface area contributed by atoms with Crippen molar-refractivity contribution in [1.29, 1.82) is 0 Å². The third kappa shape index (κ3) is 4.00. The lowest BCUT2D eigenvalue weighted by Gasteiger charge is -2.38. The second kappa shape index (κ2) is 8.05. The largest absolute Gasteiger partial charge is 0.368 e.